The van der Waals surface area contributed by atoms with Crippen LogP contribution in [0.25, 0.3) is 0 Å². The second-order valence-electron chi connectivity index (χ2n) is 3.89. The Morgan fingerprint density at radius 1 is 1.40 bits per heavy atom. The summed E-state index contributed by atoms with van der Waals surface area (Å²) in [6.07, 6.45) is 3.55. The highest BCUT2D eigenvalue weighted by molar-refractivity contribution is 5.45. The summed E-state index contributed by atoms with van der Waals surface area (Å²) >= 11 is 0. The van der Waals surface area contributed by atoms with Crippen LogP contribution in [0.1, 0.15) is 36.4 Å². The van der Waals surface area contributed by atoms with E-state index in [2.05, 4.69) is 5.32 Å². The van der Waals surface area contributed by atoms with Crippen LogP contribution < -0.4 is 5.32 Å². The fourth-order valence-corrected chi connectivity index (χ4v) is 2.00. The van der Waals surface area contributed by atoms with Crippen molar-refractivity contribution in [2.45, 2.75) is 25.3 Å². The molecular weight excluding hydrogens is 188 g/mol. The molecule has 3 heteroatoms. The number of phenolic OH excluding ortho intramolecular Hbond substituents is 1. The number of nitrogens with one attached hydrogen (secondary N) is 1. The Hall–Kier alpha value is -1.53. The van der Waals surface area contributed by atoms with Crippen molar-refractivity contribution in [2.75, 3.05) is 6.54 Å². The maximum absolute atomic E-state index is 9.39. The molecule has 0 radical (unpaired) electrons. The SMILES string of the molecule is N#Cc1cc(C2CCCCN2)ccc1O. The van der Waals surface area contributed by atoms with Gasteiger partial charge >= 0.3 is 0 Å². The summed E-state index contributed by atoms with van der Waals surface area (Å²) < 4.78 is 0. The van der Waals surface area contributed by atoms with Crippen LogP contribution in [0.3, 0.4) is 0 Å². The zero-order valence-corrected chi connectivity index (χ0v) is 8.53. The molecule has 1 aromatic rings. The van der Waals surface area contributed by atoms with E-state index in [0.717, 1.165) is 18.5 Å². The van der Waals surface area contributed by atoms with Crippen LogP contribution in [0.5, 0.6) is 5.75 Å². The maximum Gasteiger partial charge on any atom is 0.133 e. The highest BCUT2D eigenvalue weighted by Crippen LogP contribution is 2.26. The number of hydrogen-bond acceptors (Lipinski definition) is 3. The van der Waals surface area contributed by atoms with Gasteiger partial charge in [-0.05, 0) is 37.1 Å². The van der Waals surface area contributed by atoms with Crippen molar-refractivity contribution in [3.05, 3.63) is 29.3 Å². The summed E-state index contributed by atoms with van der Waals surface area (Å²) in [7, 11) is 0. The Balaban J connectivity index is 2.25. The molecule has 1 unspecified atom stereocenters. The third-order valence-electron chi connectivity index (χ3n) is 2.85. The molecule has 0 spiro atoms. The minimum absolute atomic E-state index is 0.0667. The molecule has 2 N–H and O–H groups in total. The number of phenols is 1. The lowest BCUT2D eigenvalue weighted by Crippen LogP contribution is -2.26. The van der Waals surface area contributed by atoms with Crippen LogP contribution in [0, 0.1) is 11.3 Å². The molecule has 1 fully saturated rings. The minimum atomic E-state index is 0.0667. The number of rotatable bonds is 1. The lowest BCUT2D eigenvalue weighted by molar-refractivity contribution is 0.411. The van der Waals surface area contributed by atoms with Crippen molar-refractivity contribution in [1.29, 1.82) is 5.26 Å². The molecule has 0 aliphatic carbocycles. The first kappa shape index (κ1) is 10.0. The maximum atomic E-state index is 9.39. The van der Waals surface area contributed by atoms with E-state index in [9.17, 15) is 5.11 Å². The molecule has 78 valence electrons. The molecule has 1 aromatic carbocycles. The first-order chi connectivity index (χ1) is 7.31. The number of benzene rings is 1. The molecule has 0 amide bonds. The second-order valence-corrected chi connectivity index (χ2v) is 3.89. The molecule has 0 bridgehead atoms. The Bertz CT molecular complexity index is 389. The average molecular weight is 202 g/mol. The van der Waals surface area contributed by atoms with Gasteiger partial charge in [-0.3, -0.25) is 0 Å². The zero-order valence-electron chi connectivity index (χ0n) is 8.53. The monoisotopic (exact) mass is 202 g/mol. The molecule has 1 saturated heterocycles. The number of hydrogen-bond donors (Lipinski definition) is 2. The van der Waals surface area contributed by atoms with Crippen molar-refractivity contribution in [2.24, 2.45) is 0 Å². The topological polar surface area (TPSA) is 56.0 Å². The lowest BCUT2D eigenvalue weighted by atomic mass is 9.96. The van der Waals surface area contributed by atoms with Gasteiger partial charge in [-0.2, -0.15) is 5.26 Å². The Labute approximate surface area is 89.4 Å². The van der Waals surface area contributed by atoms with Crippen molar-refractivity contribution in [3.8, 4) is 11.8 Å². The summed E-state index contributed by atoms with van der Waals surface area (Å²) in [4.78, 5) is 0. The van der Waals surface area contributed by atoms with Crippen molar-refractivity contribution in [3.63, 3.8) is 0 Å². The Morgan fingerprint density at radius 2 is 2.27 bits per heavy atom. The van der Waals surface area contributed by atoms with Gasteiger partial charge in [0.15, 0.2) is 0 Å². The fraction of sp³-hybridized carbons (Fsp3) is 0.417. The first-order valence-corrected chi connectivity index (χ1v) is 5.27. The smallest absolute Gasteiger partial charge is 0.133 e. The van der Waals surface area contributed by atoms with Gasteiger partial charge < -0.3 is 10.4 Å². The summed E-state index contributed by atoms with van der Waals surface area (Å²) in [6.45, 7) is 1.04. The van der Waals surface area contributed by atoms with Crippen LogP contribution >= 0.6 is 0 Å². The first-order valence-electron chi connectivity index (χ1n) is 5.27. The van der Waals surface area contributed by atoms with E-state index >= 15 is 0 Å². The van der Waals surface area contributed by atoms with Crippen LogP contribution in [-0.2, 0) is 0 Å². The van der Waals surface area contributed by atoms with E-state index in [4.69, 9.17) is 5.26 Å². The highest BCUT2D eigenvalue weighted by Gasteiger charge is 2.15. The molecule has 1 aliphatic rings. The van der Waals surface area contributed by atoms with E-state index in [1.165, 1.54) is 12.8 Å². The molecule has 15 heavy (non-hydrogen) atoms. The molecular formula is C12H14N2O. The normalized spacial score (nSPS) is 20.9. The largest absolute Gasteiger partial charge is 0.507 e. The summed E-state index contributed by atoms with van der Waals surface area (Å²) in [5.41, 5.74) is 1.46. The van der Waals surface area contributed by atoms with E-state index in [-0.39, 0.29) is 5.75 Å². The second kappa shape index (κ2) is 4.33. The van der Waals surface area contributed by atoms with Crippen molar-refractivity contribution >= 4 is 0 Å². The van der Waals surface area contributed by atoms with E-state index < -0.39 is 0 Å². The highest BCUT2D eigenvalue weighted by atomic mass is 16.3. The zero-order chi connectivity index (χ0) is 10.7. The molecule has 0 saturated carbocycles. The molecule has 3 nitrogen and oxygen atoms in total. The lowest BCUT2D eigenvalue weighted by Gasteiger charge is -2.23. The van der Waals surface area contributed by atoms with Gasteiger partial charge in [0.05, 0.1) is 5.56 Å². The molecule has 1 atom stereocenters. The molecule has 1 aliphatic heterocycles. The third kappa shape index (κ3) is 2.11. The standard InChI is InChI=1S/C12H14N2O/c13-8-10-7-9(4-5-12(10)15)11-3-1-2-6-14-11/h4-5,7,11,14-15H,1-3,6H2. The Morgan fingerprint density at radius 3 is 2.93 bits per heavy atom. The van der Waals surface area contributed by atoms with Gasteiger partial charge in [0.1, 0.15) is 11.8 Å². The van der Waals surface area contributed by atoms with Gasteiger partial charge in [-0.25, -0.2) is 0 Å². The number of aromatic hydroxyl groups is 1. The number of piperidine rings is 1. The molecule has 1 heterocycles. The van der Waals surface area contributed by atoms with Gasteiger partial charge in [0.2, 0.25) is 0 Å². The van der Waals surface area contributed by atoms with Crippen molar-refractivity contribution in [1.82, 2.24) is 5.32 Å². The summed E-state index contributed by atoms with van der Waals surface area (Å²) in [5, 5.41) is 21.6. The van der Waals surface area contributed by atoms with Crippen molar-refractivity contribution < 1.29 is 5.11 Å². The summed E-state index contributed by atoms with van der Waals surface area (Å²) in [6, 6.07) is 7.60. The van der Waals surface area contributed by atoms with Gasteiger partial charge in [0, 0.05) is 6.04 Å². The van der Waals surface area contributed by atoms with Crippen LogP contribution in [0.4, 0.5) is 0 Å². The van der Waals surface area contributed by atoms with E-state index in [1.54, 1.807) is 12.1 Å². The van der Waals surface area contributed by atoms with Gasteiger partial charge in [-0.1, -0.05) is 12.5 Å². The fourth-order valence-electron chi connectivity index (χ4n) is 2.00. The molecule has 0 aromatic heterocycles. The minimum Gasteiger partial charge on any atom is -0.507 e. The van der Waals surface area contributed by atoms with E-state index in [0.29, 0.717) is 11.6 Å². The van der Waals surface area contributed by atoms with Gasteiger partial charge in [-0.15, -0.1) is 0 Å². The number of nitriles is 1. The summed E-state index contributed by atoms with van der Waals surface area (Å²) in [5.74, 6) is 0.0667. The van der Waals surface area contributed by atoms with E-state index in [1.807, 2.05) is 12.1 Å². The average Bonchev–Trinajstić information content (AvgIpc) is 2.31. The number of nitrogens with zero attached hydrogens (tertiary/aromatic N) is 1. The van der Waals surface area contributed by atoms with Gasteiger partial charge in [0.25, 0.3) is 0 Å². The molecule has 2 rings (SSSR count). The predicted octanol–water partition coefficient (Wildman–Crippen LogP) is 2.08. The van der Waals surface area contributed by atoms with Crippen LogP contribution in [0.15, 0.2) is 18.2 Å². The quantitative estimate of drug-likeness (QED) is 0.733. The van der Waals surface area contributed by atoms with Crippen LogP contribution in [0.2, 0.25) is 0 Å². The Kier molecular flexibility index (Phi) is 2.89. The third-order valence-corrected chi connectivity index (χ3v) is 2.85. The van der Waals surface area contributed by atoms with Crippen LogP contribution in [-0.4, -0.2) is 11.7 Å². The predicted molar refractivity (Wildman–Crippen MR) is 57.4 cm³/mol.